The predicted molar refractivity (Wildman–Crippen MR) is 76.0 cm³/mol. The van der Waals surface area contributed by atoms with Gasteiger partial charge in [-0.05, 0) is 24.3 Å². The van der Waals surface area contributed by atoms with Gasteiger partial charge in [-0.25, -0.2) is 0 Å². The smallest absolute Gasteiger partial charge is 0.130 e. The molecule has 1 heterocycles. The molecule has 0 amide bonds. The van der Waals surface area contributed by atoms with Gasteiger partial charge in [0.05, 0.1) is 9.90 Å². The van der Waals surface area contributed by atoms with Gasteiger partial charge in [0.15, 0.2) is 0 Å². The van der Waals surface area contributed by atoms with E-state index in [1.807, 2.05) is 36.4 Å². The van der Waals surface area contributed by atoms with Crippen LogP contribution in [-0.2, 0) is 6.61 Å². The highest BCUT2D eigenvalue weighted by Gasteiger charge is 2.06. The fourth-order valence-electron chi connectivity index (χ4n) is 1.37. The van der Waals surface area contributed by atoms with E-state index < -0.39 is 0 Å². The first-order valence-corrected chi connectivity index (χ1v) is 6.53. The maximum absolute atomic E-state index is 5.85. The van der Waals surface area contributed by atoms with Crippen LogP contribution in [0.2, 0.25) is 4.34 Å². The van der Waals surface area contributed by atoms with Crippen molar-refractivity contribution in [3.8, 4) is 5.75 Å². The lowest BCUT2D eigenvalue weighted by atomic mass is 10.2. The summed E-state index contributed by atoms with van der Waals surface area (Å²) in [4.78, 5) is 1.40. The molecule has 17 heavy (non-hydrogen) atoms. The Morgan fingerprint density at radius 2 is 2.06 bits per heavy atom. The Kier molecular flexibility index (Phi) is 3.99. The van der Waals surface area contributed by atoms with Crippen molar-refractivity contribution < 1.29 is 4.74 Å². The second kappa shape index (κ2) is 5.49. The lowest BCUT2D eigenvalue weighted by Crippen LogP contribution is -2.11. The molecule has 0 bridgehead atoms. The Bertz CT molecular complexity index is 539. The van der Waals surface area contributed by atoms with Crippen LogP contribution in [0.15, 0.2) is 36.4 Å². The summed E-state index contributed by atoms with van der Waals surface area (Å²) < 4.78 is 6.44. The first-order chi connectivity index (χ1) is 8.16. The van der Waals surface area contributed by atoms with Crippen molar-refractivity contribution in [3.05, 3.63) is 51.2 Å². The van der Waals surface area contributed by atoms with Gasteiger partial charge in [-0.3, -0.25) is 0 Å². The largest absolute Gasteiger partial charge is 0.487 e. The Morgan fingerprint density at radius 3 is 2.71 bits per heavy atom. The fourth-order valence-corrected chi connectivity index (χ4v) is 2.54. The van der Waals surface area contributed by atoms with E-state index in [2.05, 4.69) is 0 Å². The number of hydrogen-bond acceptors (Lipinski definition) is 3. The molecule has 0 aliphatic heterocycles. The summed E-state index contributed by atoms with van der Waals surface area (Å²) in [5.41, 5.74) is 6.38. The van der Waals surface area contributed by atoms with Crippen LogP contribution in [0.5, 0.6) is 5.75 Å². The van der Waals surface area contributed by atoms with E-state index in [4.69, 9.17) is 34.3 Å². The Labute approximate surface area is 114 Å². The molecule has 2 aromatic rings. The minimum atomic E-state index is 0.338. The molecule has 1 aromatic heterocycles. The van der Waals surface area contributed by atoms with E-state index in [1.54, 1.807) is 0 Å². The van der Waals surface area contributed by atoms with Crippen LogP contribution in [0.1, 0.15) is 10.4 Å². The highest BCUT2D eigenvalue weighted by Crippen LogP contribution is 2.24. The SMILES string of the molecule is NC(=S)c1ccccc1OCc1ccc(Cl)s1. The number of nitrogens with two attached hydrogens (primary N) is 1. The molecule has 1 aromatic carbocycles. The van der Waals surface area contributed by atoms with Gasteiger partial charge in [0, 0.05) is 4.88 Å². The van der Waals surface area contributed by atoms with E-state index in [0.717, 1.165) is 14.8 Å². The molecule has 0 saturated heterocycles. The van der Waals surface area contributed by atoms with Gasteiger partial charge >= 0.3 is 0 Å². The van der Waals surface area contributed by atoms with Gasteiger partial charge < -0.3 is 10.5 Å². The zero-order valence-corrected chi connectivity index (χ0v) is 11.2. The Hall–Kier alpha value is -1.10. The van der Waals surface area contributed by atoms with Crippen molar-refractivity contribution >= 4 is 40.1 Å². The third-order valence-corrected chi connectivity index (χ3v) is 3.58. The molecule has 2 rings (SSSR count). The quantitative estimate of drug-likeness (QED) is 0.871. The number of benzene rings is 1. The number of halogens is 1. The molecule has 88 valence electrons. The van der Waals surface area contributed by atoms with Crippen molar-refractivity contribution in [2.45, 2.75) is 6.61 Å². The van der Waals surface area contributed by atoms with E-state index in [1.165, 1.54) is 11.3 Å². The van der Waals surface area contributed by atoms with Crippen LogP contribution >= 0.6 is 35.2 Å². The van der Waals surface area contributed by atoms with E-state index in [9.17, 15) is 0 Å². The molecule has 0 radical (unpaired) electrons. The fraction of sp³-hybridized carbons (Fsp3) is 0.0833. The third kappa shape index (κ3) is 3.19. The number of ether oxygens (including phenoxy) is 1. The third-order valence-electron chi connectivity index (χ3n) is 2.15. The van der Waals surface area contributed by atoms with E-state index in [0.29, 0.717) is 17.3 Å². The van der Waals surface area contributed by atoms with Gasteiger partial charge in [-0.1, -0.05) is 36.0 Å². The molecular weight excluding hydrogens is 274 g/mol. The summed E-state index contributed by atoms with van der Waals surface area (Å²) in [6.07, 6.45) is 0. The molecule has 0 atom stereocenters. The molecule has 0 saturated carbocycles. The van der Waals surface area contributed by atoms with Crippen LogP contribution in [0, 0.1) is 0 Å². The number of hydrogen-bond donors (Lipinski definition) is 1. The summed E-state index contributed by atoms with van der Waals surface area (Å²) in [6, 6.07) is 11.3. The standard InChI is InChI=1S/C12H10ClNOS2/c13-11-6-5-8(17-11)7-15-10-4-2-1-3-9(10)12(14)16/h1-6H,7H2,(H2,14,16). The minimum absolute atomic E-state index is 0.338. The van der Waals surface area contributed by atoms with Crippen LogP contribution < -0.4 is 10.5 Å². The number of thiocarbonyl (C=S) groups is 1. The molecular formula is C12H10ClNOS2. The zero-order valence-electron chi connectivity index (χ0n) is 8.85. The molecule has 0 fully saturated rings. The highest BCUT2D eigenvalue weighted by atomic mass is 35.5. The second-order valence-corrected chi connectivity index (χ2v) is 5.59. The van der Waals surface area contributed by atoms with Crippen molar-refractivity contribution in [2.24, 2.45) is 5.73 Å². The van der Waals surface area contributed by atoms with Crippen molar-refractivity contribution in [1.82, 2.24) is 0 Å². The maximum atomic E-state index is 5.85. The number of rotatable bonds is 4. The first kappa shape index (κ1) is 12.4. The Morgan fingerprint density at radius 1 is 1.29 bits per heavy atom. The molecule has 0 aliphatic rings. The molecule has 0 aliphatic carbocycles. The summed E-state index contributed by atoms with van der Waals surface area (Å²) in [5.74, 6) is 0.699. The topological polar surface area (TPSA) is 35.2 Å². The summed E-state index contributed by atoms with van der Waals surface area (Å²) in [5, 5.41) is 0. The molecule has 5 heteroatoms. The summed E-state index contributed by atoms with van der Waals surface area (Å²) >= 11 is 12.3. The van der Waals surface area contributed by atoms with Gasteiger partial charge in [0.2, 0.25) is 0 Å². The van der Waals surface area contributed by atoms with Crippen molar-refractivity contribution in [3.63, 3.8) is 0 Å². The maximum Gasteiger partial charge on any atom is 0.130 e. The zero-order chi connectivity index (χ0) is 12.3. The normalized spacial score (nSPS) is 10.2. The average Bonchev–Trinajstić information content (AvgIpc) is 2.73. The van der Waals surface area contributed by atoms with E-state index in [-0.39, 0.29) is 0 Å². The molecule has 2 nitrogen and oxygen atoms in total. The predicted octanol–water partition coefficient (Wildman–Crippen LogP) is 3.61. The molecule has 2 N–H and O–H groups in total. The molecule has 0 spiro atoms. The van der Waals surface area contributed by atoms with Crippen LogP contribution in [-0.4, -0.2) is 4.99 Å². The summed E-state index contributed by atoms with van der Waals surface area (Å²) in [6.45, 7) is 0.469. The average molecular weight is 284 g/mol. The number of para-hydroxylation sites is 1. The first-order valence-electron chi connectivity index (χ1n) is 4.92. The van der Waals surface area contributed by atoms with Gasteiger partial charge in [0.25, 0.3) is 0 Å². The van der Waals surface area contributed by atoms with Crippen LogP contribution in [0.25, 0.3) is 0 Å². The monoisotopic (exact) mass is 283 g/mol. The highest BCUT2D eigenvalue weighted by molar-refractivity contribution is 7.80. The second-order valence-electron chi connectivity index (χ2n) is 3.35. The Balaban J connectivity index is 2.11. The van der Waals surface area contributed by atoms with Crippen molar-refractivity contribution in [1.29, 1.82) is 0 Å². The molecule has 0 unspecified atom stereocenters. The minimum Gasteiger partial charge on any atom is -0.487 e. The number of thiophene rings is 1. The van der Waals surface area contributed by atoms with Crippen LogP contribution in [0.4, 0.5) is 0 Å². The van der Waals surface area contributed by atoms with Crippen molar-refractivity contribution in [2.75, 3.05) is 0 Å². The van der Waals surface area contributed by atoms with Gasteiger partial charge in [-0.15, -0.1) is 11.3 Å². The summed E-state index contributed by atoms with van der Waals surface area (Å²) in [7, 11) is 0. The van der Waals surface area contributed by atoms with Crippen LogP contribution in [0.3, 0.4) is 0 Å². The lowest BCUT2D eigenvalue weighted by molar-refractivity contribution is 0.309. The van der Waals surface area contributed by atoms with Gasteiger partial charge in [-0.2, -0.15) is 0 Å². The van der Waals surface area contributed by atoms with E-state index >= 15 is 0 Å². The van der Waals surface area contributed by atoms with Gasteiger partial charge in [0.1, 0.15) is 17.3 Å². The lowest BCUT2D eigenvalue weighted by Gasteiger charge is -2.09.